The van der Waals surface area contributed by atoms with E-state index in [4.69, 9.17) is 4.74 Å². The van der Waals surface area contributed by atoms with Crippen LogP contribution in [0.2, 0.25) is 0 Å². The van der Waals surface area contributed by atoms with Crippen molar-refractivity contribution in [3.05, 3.63) is 52.2 Å². The summed E-state index contributed by atoms with van der Waals surface area (Å²) in [6, 6.07) is 6.62. The average molecular weight is 282 g/mol. The summed E-state index contributed by atoms with van der Waals surface area (Å²) in [5.41, 5.74) is 0. The van der Waals surface area contributed by atoms with Crippen molar-refractivity contribution in [2.45, 2.75) is 12.8 Å². The summed E-state index contributed by atoms with van der Waals surface area (Å²) in [5, 5.41) is 1.84. The molecule has 0 atom stereocenters. The van der Waals surface area contributed by atoms with Gasteiger partial charge in [0, 0.05) is 12.5 Å². The van der Waals surface area contributed by atoms with E-state index in [1.807, 2.05) is 11.4 Å². The molecule has 1 heterocycles. The van der Waals surface area contributed by atoms with Crippen LogP contribution in [0.5, 0.6) is 5.75 Å². The third-order valence-corrected chi connectivity index (χ3v) is 3.41. The van der Waals surface area contributed by atoms with E-state index in [0.29, 0.717) is 17.7 Å². The Labute approximate surface area is 113 Å². The molecule has 0 spiro atoms. The van der Waals surface area contributed by atoms with Gasteiger partial charge in [0.1, 0.15) is 5.82 Å². The van der Waals surface area contributed by atoms with Crippen molar-refractivity contribution in [3.63, 3.8) is 0 Å². The first-order valence-corrected chi connectivity index (χ1v) is 6.69. The number of carbonyl (C=O) groups excluding carboxylic acids is 1. The summed E-state index contributed by atoms with van der Waals surface area (Å²) in [6.45, 7) is 0.178. The molecule has 0 unspecified atom stereocenters. The predicted molar refractivity (Wildman–Crippen MR) is 69.7 cm³/mol. The quantitative estimate of drug-likeness (QED) is 0.589. The fourth-order valence-electron chi connectivity index (χ4n) is 1.56. The molecular formula is C14H12F2O2S. The molecular weight excluding hydrogens is 270 g/mol. The first-order valence-electron chi connectivity index (χ1n) is 5.81. The molecule has 2 rings (SSSR count). The molecule has 0 saturated carbocycles. The summed E-state index contributed by atoms with van der Waals surface area (Å²) >= 11 is 1.39. The number of rotatable bonds is 6. The molecule has 5 heteroatoms. The Morgan fingerprint density at radius 3 is 2.84 bits per heavy atom. The molecule has 2 nitrogen and oxygen atoms in total. The van der Waals surface area contributed by atoms with Gasteiger partial charge >= 0.3 is 0 Å². The summed E-state index contributed by atoms with van der Waals surface area (Å²) in [7, 11) is 0. The molecule has 0 fully saturated rings. The Morgan fingerprint density at radius 2 is 2.11 bits per heavy atom. The van der Waals surface area contributed by atoms with Crippen LogP contribution in [0, 0.1) is 11.6 Å². The van der Waals surface area contributed by atoms with E-state index >= 15 is 0 Å². The van der Waals surface area contributed by atoms with Crippen LogP contribution in [0.1, 0.15) is 22.5 Å². The van der Waals surface area contributed by atoms with E-state index < -0.39 is 11.6 Å². The Balaban J connectivity index is 1.78. The number of halogens is 2. The van der Waals surface area contributed by atoms with Crippen molar-refractivity contribution in [1.82, 2.24) is 0 Å². The smallest absolute Gasteiger partial charge is 0.172 e. The second kappa shape index (κ2) is 6.43. The number of ether oxygens (including phenoxy) is 1. The molecule has 2 aromatic rings. The van der Waals surface area contributed by atoms with Gasteiger partial charge in [-0.15, -0.1) is 11.3 Å². The average Bonchev–Trinajstić information content (AvgIpc) is 2.92. The van der Waals surface area contributed by atoms with Gasteiger partial charge in [-0.1, -0.05) is 6.07 Å². The summed E-state index contributed by atoms with van der Waals surface area (Å²) in [6.07, 6.45) is 0.796. The van der Waals surface area contributed by atoms with E-state index in [9.17, 15) is 13.6 Å². The highest BCUT2D eigenvalue weighted by atomic mass is 32.1. The van der Waals surface area contributed by atoms with Crippen LogP contribution in [0.15, 0.2) is 35.7 Å². The van der Waals surface area contributed by atoms with E-state index in [2.05, 4.69) is 0 Å². The van der Waals surface area contributed by atoms with Gasteiger partial charge in [0.05, 0.1) is 11.5 Å². The molecule has 0 aliphatic heterocycles. The SMILES string of the molecule is O=C(CCCOc1cc(F)ccc1F)c1cccs1. The van der Waals surface area contributed by atoms with E-state index in [1.54, 1.807) is 6.07 Å². The normalized spacial score (nSPS) is 10.4. The maximum Gasteiger partial charge on any atom is 0.172 e. The first kappa shape index (κ1) is 13.7. The molecule has 1 aromatic carbocycles. The largest absolute Gasteiger partial charge is 0.490 e. The van der Waals surface area contributed by atoms with Crippen LogP contribution in [-0.2, 0) is 0 Å². The van der Waals surface area contributed by atoms with Crippen LogP contribution in [0.25, 0.3) is 0 Å². The minimum Gasteiger partial charge on any atom is -0.490 e. The van der Waals surface area contributed by atoms with Crippen LogP contribution in [0.3, 0.4) is 0 Å². The monoisotopic (exact) mass is 282 g/mol. The molecule has 0 radical (unpaired) electrons. The molecule has 100 valence electrons. The zero-order valence-corrected chi connectivity index (χ0v) is 10.9. The van der Waals surface area contributed by atoms with Crippen molar-refractivity contribution >= 4 is 17.1 Å². The molecule has 0 aliphatic rings. The van der Waals surface area contributed by atoms with Crippen LogP contribution >= 0.6 is 11.3 Å². The second-order valence-electron chi connectivity index (χ2n) is 3.93. The molecule has 0 N–H and O–H groups in total. The maximum atomic E-state index is 13.2. The lowest BCUT2D eigenvalue weighted by atomic mass is 10.2. The minimum absolute atomic E-state index is 0.0401. The van der Waals surface area contributed by atoms with Crippen molar-refractivity contribution < 1.29 is 18.3 Å². The molecule has 19 heavy (non-hydrogen) atoms. The van der Waals surface area contributed by atoms with Gasteiger partial charge in [0.15, 0.2) is 17.3 Å². The Bertz CT molecular complexity index is 553. The van der Waals surface area contributed by atoms with E-state index in [0.717, 1.165) is 18.2 Å². The van der Waals surface area contributed by atoms with Crippen LogP contribution in [-0.4, -0.2) is 12.4 Å². The van der Waals surface area contributed by atoms with Gasteiger partial charge in [-0.25, -0.2) is 8.78 Å². The number of thiophene rings is 1. The highest BCUT2D eigenvalue weighted by Gasteiger charge is 2.08. The van der Waals surface area contributed by atoms with Crippen molar-refractivity contribution in [2.75, 3.05) is 6.61 Å². The standard InChI is InChI=1S/C14H12F2O2S/c15-10-5-6-11(16)13(9-10)18-7-1-3-12(17)14-4-2-8-19-14/h2,4-6,8-9H,1,3,7H2. The predicted octanol–water partition coefficient (Wildman–Crippen LogP) is 4.07. The Hall–Kier alpha value is -1.75. The fourth-order valence-corrected chi connectivity index (χ4v) is 2.26. The number of Topliss-reactive ketones (excluding diaryl/α,β-unsaturated/α-hetero) is 1. The highest BCUT2D eigenvalue weighted by molar-refractivity contribution is 7.12. The number of benzene rings is 1. The Kier molecular flexibility index (Phi) is 4.63. The van der Waals surface area contributed by atoms with Crippen molar-refractivity contribution in [2.24, 2.45) is 0 Å². The van der Waals surface area contributed by atoms with Crippen molar-refractivity contribution in [1.29, 1.82) is 0 Å². The lowest BCUT2D eigenvalue weighted by Gasteiger charge is -2.06. The molecule has 0 bridgehead atoms. The third kappa shape index (κ3) is 3.86. The van der Waals surface area contributed by atoms with Gasteiger partial charge in [0.25, 0.3) is 0 Å². The van der Waals surface area contributed by atoms with E-state index in [-0.39, 0.29) is 18.1 Å². The lowest BCUT2D eigenvalue weighted by molar-refractivity contribution is 0.0977. The van der Waals surface area contributed by atoms with Gasteiger partial charge in [-0.2, -0.15) is 0 Å². The van der Waals surface area contributed by atoms with Crippen LogP contribution in [0.4, 0.5) is 8.78 Å². The van der Waals surface area contributed by atoms with E-state index in [1.165, 1.54) is 11.3 Å². The zero-order chi connectivity index (χ0) is 13.7. The van der Waals surface area contributed by atoms with Gasteiger partial charge in [-0.05, 0) is 30.0 Å². The molecule has 0 aliphatic carbocycles. The summed E-state index contributed by atoms with van der Waals surface area (Å²) in [4.78, 5) is 12.4. The number of carbonyl (C=O) groups is 1. The zero-order valence-electron chi connectivity index (χ0n) is 10.1. The lowest BCUT2D eigenvalue weighted by Crippen LogP contribution is -2.03. The molecule has 0 amide bonds. The van der Waals surface area contributed by atoms with Gasteiger partial charge in [0.2, 0.25) is 0 Å². The maximum absolute atomic E-state index is 13.2. The first-order chi connectivity index (χ1) is 9.16. The fraction of sp³-hybridized carbons (Fsp3) is 0.214. The number of hydrogen-bond acceptors (Lipinski definition) is 3. The highest BCUT2D eigenvalue weighted by Crippen LogP contribution is 2.18. The third-order valence-electron chi connectivity index (χ3n) is 2.49. The van der Waals surface area contributed by atoms with Gasteiger partial charge in [-0.3, -0.25) is 4.79 Å². The van der Waals surface area contributed by atoms with Crippen LogP contribution < -0.4 is 4.74 Å². The van der Waals surface area contributed by atoms with Crippen molar-refractivity contribution in [3.8, 4) is 5.75 Å². The Morgan fingerprint density at radius 1 is 1.26 bits per heavy atom. The topological polar surface area (TPSA) is 26.3 Å². The summed E-state index contributed by atoms with van der Waals surface area (Å²) < 4.78 is 31.2. The van der Waals surface area contributed by atoms with Gasteiger partial charge < -0.3 is 4.74 Å². The number of hydrogen-bond donors (Lipinski definition) is 0. The number of ketones is 1. The molecule has 1 aromatic heterocycles. The molecule has 0 saturated heterocycles. The minimum atomic E-state index is -0.606. The second-order valence-corrected chi connectivity index (χ2v) is 4.87. The summed E-state index contributed by atoms with van der Waals surface area (Å²) in [5.74, 6) is -1.24.